The summed E-state index contributed by atoms with van der Waals surface area (Å²) in [7, 11) is 0. The highest BCUT2D eigenvalue weighted by atomic mass is 15.0. The van der Waals surface area contributed by atoms with E-state index in [0.29, 0.717) is 12.0 Å². The van der Waals surface area contributed by atoms with Crippen LogP contribution in [0.25, 0.3) is 0 Å². The fourth-order valence-electron chi connectivity index (χ4n) is 2.95. The number of hydrogen-bond acceptors (Lipinski definition) is 1. The van der Waals surface area contributed by atoms with E-state index in [9.17, 15) is 0 Å². The van der Waals surface area contributed by atoms with Crippen molar-refractivity contribution in [2.24, 2.45) is 0 Å². The van der Waals surface area contributed by atoms with Crippen molar-refractivity contribution in [1.82, 2.24) is 5.32 Å². The summed E-state index contributed by atoms with van der Waals surface area (Å²) >= 11 is 0. The highest BCUT2D eigenvalue weighted by Crippen LogP contribution is 2.35. The van der Waals surface area contributed by atoms with Gasteiger partial charge < -0.3 is 5.32 Å². The molecule has 2 atom stereocenters. The van der Waals surface area contributed by atoms with E-state index >= 15 is 0 Å². The van der Waals surface area contributed by atoms with E-state index in [2.05, 4.69) is 57.3 Å². The molecule has 1 aromatic rings. The molecule has 0 aromatic heterocycles. The van der Waals surface area contributed by atoms with Crippen LogP contribution in [0.15, 0.2) is 24.3 Å². The van der Waals surface area contributed by atoms with E-state index in [0.717, 1.165) is 0 Å². The number of rotatable bonds is 0. The number of benzene rings is 1. The van der Waals surface area contributed by atoms with Gasteiger partial charge in [0.2, 0.25) is 0 Å². The van der Waals surface area contributed by atoms with Crippen LogP contribution in [0.5, 0.6) is 0 Å². The zero-order chi connectivity index (χ0) is 11.1. The minimum atomic E-state index is 0.234. The largest absolute Gasteiger partial charge is 0.305 e. The average Bonchev–Trinajstić information content (AvgIpc) is 2.23. The first-order valence-electron chi connectivity index (χ1n) is 5.86. The highest BCUT2D eigenvalue weighted by molar-refractivity contribution is 5.34. The molecular formula is C14H21N. The summed E-state index contributed by atoms with van der Waals surface area (Å²) in [6, 6.07) is 9.29. The molecule has 0 aliphatic carbocycles. The van der Waals surface area contributed by atoms with E-state index < -0.39 is 0 Å². The van der Waals surface area contributed by atoms with Gasteiger partial charge in [-0.05, 0) is 44.2 Å². The maximum absolute atomic E-state index is 3.70. The lowest BCUT2D eigenvalue weighted by Crippen LogP contribution is -2.39. The molecule has 1 nitrogen and oxygen atoms in total. The Labute approximate surface area is 92.9 Å². The third kappa shape index (κ3) is 2.07. The maximum atomic E-state index is 3.70. The van der Waals surface area contributed by atoms with E-state index in [-0.39, 0.29) is 5.54 Å². The molecular weight excluding hydrogens is 182 g/mol. The van der Waals surface area contributed by atoms with Gasteiger partial charge in [-0.15, -0.1) is 0 Å². The first kappa shape index (κ1) is 10.7. The Hall–Kier alpha value is -0.820. The van der Waals surface area contributed by atoms with Crippen LogP contribution in [0, 0.1) is 0 Å². The normalized spacial score (nSPS) is 29.3. The van der Waals surface area contributed by atoms with Crippen LogP contribution >= 0.6 is 0 Å². The molecule has 0 saturated heterocycles. The van der Waals surface area contributed by atoms with Crippen molar-refractivity contribution in [2.75, 3.05) is 0 Å². The highest BCUT2D eigenvalue weighted by Gasteiger charge is 2.29. The standard InChI is InChI=1S/C14H21N/c1-10-9-14(3,4)15-11(2)13-8-6-5-7-12(10)13/h5-8,10-11,15H,9H2,1-4H3/t10-,11-/m0/s1. The van der Waals surface area contributed by atoms with E-state index in [1.54, 1.807) is 0 Å². The molecule has 1 N–H and O–H groups in total. The monoisotopic (exact) mass is 203 g/mol. The topological polar surface area (TPSA) is 12.0 Å². The van der Waals surface area contributed by atoms with Crippen LogP contribution in [-0.4, -0.2) is 5.54 Å². The minimum Gasteiger partial charge on any atom is -0.305 e. The molecule has 82 valence electrons. The van der Waals surface area contributed by atoms with Crippen molar-refractivity contribution in [1.29, 1.82) is 0 Å². The van der Waals surface area contributed by atoms with Crippen molar-refractivity contribution in [3.8, 4) is 0 Å². The number of hydrogen-bond donors (Lipinski definition) is 1. The molecule has 0 fully saturated rings. The van der Waals surface area contributed by atoms with Gasteiger partial charge in [0.05, 0.1) is 0 Å². The minimum absolute atomic E-state index is 0.234. The molecule has 0 spiro atoms. The fourth-order valence-corrected chi connectivity index (χ4v) is 2.95. The summed E-state index contributed by atoms with van der Waals surface area (Å²) in [6.07, 6.45) is 1.20. The van der Waals surface area contributed by atoms with Gasteiger partial charge in [-0.25, -0.2) is 0 Å². The molecule has 0 unspecified atom stereocenters. The first-order chi connectivity index (χ1) is 6.99. The molecule has 0 amide bonds. The number of fused-ring (bicyclic) bond motifs is 1. The van der Waals surface area contributed by atoms with Gasteiger partial charge in [0.15, 0.2) is 0 Å². The van der Waals surface area contributed by atoms with Crippen LogP contribution in [0.3, 0.4) is 0 Å². The van der Waals surface area contributed by atoms with Crippen LogP contribution in [0.1, 0.15) is 57.2 Å². The van der Waals surface area contributed by atoms with Crippen molar-refractivity contribution in [3.05, 3.63) is 35.4 Å². The van der Waals surface area contributed by atoms with Gasteiger partial charge in [0.1, 0.15) is 0 Å². The van der Waals surface area contributed by atoms with Crippen molar-refractivity contribution in [2.45, 2.75) is 51.6 Å². The quantitative estimate of drug-likeness (QED) is 0.679. The van der Waals surface area contributed by atoms with Gasteiger partial charge >= 0.3 is 0 Å². The van der Waals surface area contributed by atoms with Crippen LogP contribution in [0.2, 0.25) is 0 Å². The second-order valence-corrected chi connectivity index (χ2v) is 5.48. The Bertz CT molecular complexity index is 321. The number of nitrogens with one attached hydrogen (secondary N) is 1. The second-order valence-electron chi connectivity index (χ2n) is 5.48. The van der Waals surface area contributed by atoms with Crippen LogP contribution in [0.4, 0.5) is 0 Å². The summed E-state index contributed by atoms with van der Waals surface area (Å²) in [4.78, 5) is 0. The summed E-state index contributed by atoms with van der Waals surface area (Å²) in [6.45, 7) is 9.19. The first-order valence-corrected chi connectivity index (χ1v) is 5.86. The van der Waals surface area contributed by atoms with Gasteiger partial charge in [-0.3, -0.25) is 0 Å². The van der Waals surface area contributed by atoms with Gasteiger partial charge in [0, 0.05) is 11.6 Å². The second kappa shape index (κ2) is 3.64. The lowest BCUT2D eigenvalue weighted by Gasteiger charge is -2.28. The molecule has 2 rings (SSSR count). The van der Waals surface area contributed by atoms with E-state index in [1.165, 1.54) is 17.5 Å². The Kier molecular flexibility index (Phi) is 2.59. The van der Waals surface area contributed by atoms with Crippen molar-refractivity contribution < 1.29 is 0 Å². The van der Waals surface area contributed by atoms with Crippen LogP contribution < -0.4 is 5.32 Å². The van der Waals surface area contributed by atoms with Gasteiger partial charge in [-0.2, -0.15) is 0 Å². The Morgan fingerprint density at radius 1 is 1.13 bits per heavy atom. The zero-order valence-corrected chi connectivity index (χ0v) is 10.2. The Morgan fingerprint density at radius 3 is 2.40 bits per heavy atom. The molecule has 15 heavy (non-hydrogen) atoms. The summed E-state index contributed by atoms with van der Waals surface area (Å²) in [5.74, 6) is 0.647. The Morgan fingerprint density at radius 2 is 1.73 bits per heavy atom. The predicted molar refractivity (Wildman–Crippen MR) is 65.1 cm³/mol. The molecule has 1 aliphatic rings. The van der Waals surface area contributed by atoms with E-state index in [1.807, 2.05) is 0 Å². The Balaban J connectivity index is 2.45. The van der Waals surface area contributed by atoms with Gasteiger partial charge in [-0.1, -0.05) is 31.2 Å². The average molecular weight is 203 g/mol. The molecule has 1 heterocycles. The summed E-state index contributed by atoms with van der Waals surface area (Å²) in [5.41, 5.74) is 3.22. The lowest BCUT2D eigenvalue weighted by molar-refractivity contribution is 0.325. The van der Waals surface area contributed by atoms with Gasteiger partial charge in [0.25, 0.3) is 0 Å². The molecule has 1 aromatic carbocycles. The predicted octanol–water partition coefficient (Wildman–Crippen LogP) is 3.62. The molecule has 0 bridgehead atoms. The molecule has 1 aliphatic heterocycles. The summed E-state index contributed by atoms with van der Waals surface area (Å²) in [5, 5.41) is 3.70. The SMILES string of the molecule is C[C@@H]1NC(C)(C)C[C@H](C)c2ccccc21. The molecule has 0 radical (unpaired) electrons. The summed E-state index contributed by atoms with van der Waals surface area (Å²) < 4.78 is 0. The van der Waals surface area contributed by atoms with E-state index in [4.69, 9.17) is 0 Å². The smallest absolute Gasteiger partial charge is 0.0299 e. The molecule has 1 heteroatoms. The van der Waals surface area contributed by atoms with Crippen molar-refractivity contribution in [3.63, 3.8) is 0 Å². The fraction of sp³-hybridized carbons (Fsp3) is 0.571. The van der Waals surface area contributed by atoms with Crippen LogP contribution in [-0.2, 0) is 0 Å². The third-order valence-electron chi connectivity index (χ3n) is 3.42. The zero-order valence-electron chi connectivity index (χ0n) is 10.2. The lowest BCUT2D eigenvalue weighted by atomic mass is 9.87. The molecule has 0 saturated carbocycles. The third-order valence-corrected chi connectivity index (χ3v) is 3.42. The maximum Gasteiger partial charge on any atom is 0.0299 e. The van der Waals surface area contributed by atoms with Crippen molar-refractivity contribution >= 4 is 0 Å².